The summed E-state index contributed by atoms with van der Waals surface area (Å²) in [6, 6.07) is 4.34. The molecule has 5 nitrogen and oxygen atoms in total. The Kier molecular flexibility index (Phi) is 5.56. The summed E-state index contributed by atoms with van der Waals surface area (Å²) < 4.78 is 3.90. The van der Waals surface area contributed by atoms with Gasteiger partial charge >= 0.3 is 0 Å². The molecule has 0 saturated carbocycles. The molecule has 0 amide bonds. The van der Waals surface area contributed by atoms with Crippen LogP contribution in [-0.2, 0) is 13.0 Å². The van der Waals surface area contributed by atoms with Gasteiger partial charge in [0.05, 0.1) is 17.4 Å². The summed E-state index contributed by atoms with van der Waals surface area (Å²) in [5, 5.41) is 19.3. The van der Waals surface area contributed by atoms with Gasteiger partial charge in [-0.2, -0.15) is 10.2 Å². The normalized spacial score (nSPS) is 13.0. The lowest BCUT2D eigenvalue weighted by molar-refractivity contribution is 0.165. The van der Waals surface area contributed by atoms with E-state index in [1.54, 1.807) is 6.20 Å². The first-order valence-corrected chi connectivity index (χ1v) is 7.93. The summed E-state index contributed by atoms with van der Waals surface area (Å²) in [5.41, 5.74) is 1.80. The SMILES string of the molecule is CCCn1nccc1C(O)Cc1ccn(C(CC)CC)n1. The highest BCUT2D eigenvalue weighted by molar-refractivity contribution is 5.10. The van der Waals surface area contributed by atoms with Gasteiger partial charge in [0.25, 0.3) is 0 Å². The van der Waals surface area contributed by atoms with Crippen molar-refractivity contribution in [2.24, 2.45) is 0 Å². The molecule has 0 aromatic carbocycles. The average Bonchev–Trinajstić information content (AvgIpc) is 3.10. The monoisotopic (exact) mass is 290 g/mol. The number of hydrogen-bond acceptors (Lipinski definition) is 3. The van der Waals surface area contributed by atoms with E-state index in [1.165, 1.54) is 0 Å². The minimum Gasteiger partial charge on any atom is -0.386 e. The maximum Gasteiger partial charge on any atom is 0.101 e. The summed E-state index contributed by atoms with van der Waals surface area (Å²) in [6.07, 6.45) is 6.89. The highest BCUT2D eigenvalue weighted by atomic mass is 16.3. The minimum atomic E-state index is -0.552. The molecule has 0 radical (unpaired) electrons. The number of rotatable bonds is 8. The number of aromatic nitrogens is 4. The van der Waals surface area contributed by atoms with Crippen molar-refractivity contribution in [1.29, 1.82) is 0 Å². The van der Waals surface area contributed by atoms with Crippen molar-refractivity contribution in [2.75, 3.05) is 0 Å². The fraction of sp³-hybridized carbons (Fsp3) is 0.625. The van der Waals surface area contributed by atoms with E-state index in [0.29, 0.717) is 12.5 Å². The summed E-state index contributed by atoms with van der Waals surface area (Å²) in [4.78, 5) is 0. The van der Waals surface area contributed by atoms with Gasteiger partial charge in [-0.3, -0.25) is 9.36 Å². The maximum absolute atomic E-state index is 10.4. The number of hydrogen-bond donors (Lipinski definition) is 1. The molecule has 2 aromatic rings. The van der Waals surface area contributed by atoms with Crippen LogP contribution in [0.15, 0.2) is 24.5 Å². The third-order valence-corrected chi connectivity index (χ3v) is 3.91. The Bertz CT molecular complexity index is 542. The molecular formula is C16H26N4O. The van der Waals surface area contributed by atoms with Crippen LogP contribution in [0, 0.1) is 0 Å². The summed E-state index contributed by atoms with van der Waals surface area (Å²) in [5.74, 6) is 0. The first-order chi connectivity index (χ1) is 10.2. The Hall–Kier alpha value is -1.62. The third kappa shape index (κ3) is 3.73. The highest BCUT2D eigenvalue weighted by Crippen LogP contribution is 2.19. The van der Waals surface area contributed by atoms with Crippen LogP contribution >= 0.6 is 0 Å². The second kappa shape index (κ2) is 7.41. The Morgan fingerprint density at radius 3 is 2.62 bits per heavy atom. The van der Waals surface area contributed by atoms with Crippen molar-refractivity contribution in [2.45, 2.75) is 65.1 Å². The van der Waals surface area contributed by atoms with E-state index in [2.05, 4.69) is 31.0 Å². The van der Waals surface area contributed by atoms with Gasteiger partial charge in [0.2, 0.25) is 0 Å². The van der Waals surface area contributed by atoms with Gasteiger partial charge in [-0.15, -0.1) is 0 Å². The molecule has 0 aliphatic carbocycles. The third-order valence-electron chi connectivity index (χ3n) is 3.91. The van der Waals surface area contributed by atoms with Gasteiger partial charge in [-0.25, -0.2) is 0 Å². The van der Waals surface area contributed by atoms with E-state index in [1.807, 2.05) is 27.7 Å². The van der Waals surface area contributed by atoms with E-state index >= 15 is 0 Å². The topological polar surface area (TPSA) is 55.9 Å². The quantitative estimate of drug-likeness (QED) is 0.812. The van der Waals surface area contributed by atoms with Crippen molar-refractivity contribution in [3.63, 3.8) is 0 Å². The lowest BCUT2D eigenvalue weighted by atomic mass is 10.1. The van der Waals surface area contributed by atoms with E-state index < -0.39 is 6.10 Å². The molecule has 21 heavy (non-hydrogen) atoms. The Balaban J connectivity index is 2.05. The second-order valence-electron chi connectivity index (χ2n) is 5.46. The van der Waals surface area contributed by atoms with Crippen molar-refractivity contribution < 1.29 is 5.11 Å². The zero-order chi connectivity index (χ0) is 15.2. The fourth-order valence-corrected chi connectivity index (χ4v) is 2.68. The molecule has 2 aromatic heterocycles. The van der Waals surface area contributed by atoms with Crippen LogP contribution < -0.4 is 0 Å². The summed E-state index contributed by atoms with van der Waals surface area (Å²) in [6.45, 7) is 7.29. The molecule has 0 bridgehead atoms. The van der Waals surface area contributed by atoms with Crippen LogP contribution in [0.25, 0.3) is 0 Å². The van der Waals surface area contributed by atoms with Gasteiger partial charge in [-0.1, -0.05) is 20.8 Å². The van der Waals surface area contributed by atoms with E-state index in [4.69, 9.17) is 0 Å². The molecule has 0 aliphatic rings. The Labute approximate surface area is 126 Å². The molecule has 1 atom stereocenters. The zero-order valence-corrected chi connectivity index (χ0v) is 13.2. The lowest BCUT2D eigenvalue weighted by Crippen LogP contribution is -2.12. The van der Waals surface area contributed by atoms with Crippen LogP contribution in [0.5, 0.6) is 0 Å². The van der Waals surface area contributed by atoms with Crippen molar-refractivity contribution in [1.82, 2.24) is 19.6 Å². The Morgan fingerprint density at radius 2 is 1.95 bits per heavy atom. The van der Waals surface area contributed by atoms with E-state index in [0.717, 1.165) is 37.2 Å². The molecular weight excluding hydrogens is 264 g/mol. The van der Waals surface area contributed by atoms with Crippen molar-refractivity contribution in [3.8, 4) is 0 Å². The minimum absolute atomic E-state index is 0.446. The number of aliphatic hydroxyl groups excluding tert-OH is 1. The van der Waals surface area contributed by atoms with Crippen molar-refractivity contribution in [3.05, 3.63) is 35.9 Å². The largest absolute Gasteiger partial charge is 0.386 e. The van der Waals surface area contributed by atoms with Crippen LogP contribution in [0.4, 0.5) is 0 Å². The van der Waals surface area contributed by atoms with E-state index in [9.17, 15) is 5.11 Å². The van der Waals surface area contributed by atoms with Crippen LogP contribution in [0.1, 0.15) is 63.6 Å². The molecule has 1 unspecified atom stereocenters. The number of nitrogens with zero attached hydrogens (tertiary/aromatic N) is 4. The van der Waals surface area contributed by atoms with Gasteiger partial charge < -0.3 is 5.11 Å². The van der Waals surface area contributed by atoms with Gasteiger partial charge in [0.15, 0.2) is 0 Å². The zero-order valence-electron chi connectivity index (χ0n) is 13.2. The van der Waals surface area contributed by atoms with Crippen LogP contribution in [0.2, 0.25) is 0 Å². The lowest BCUT2D eigenvalue weighted by Gasteiger charge is -2.13. The fourth-order valence-electron chi connectivity index (χ4n) is 2.68. The molecule has 116 valence electrons. The predicted molar refractivity (Wildman–Crippen MR) is 83.0 cm³/mol. The molecule has 0 spiro atoms. The van der Waals surface area contributed by atoms with Gasteiger partial charge in [-0.05, 0) is 31.4 Å². The van der Waals surface area contributed by atoms with Crippen LogP contribution in [-0.4, -0.2) is 24.7 Å². The van der Waals surface area contributed by atoms with Gasteiger partial charge in [0.1, 0.15) is 6.10 Å². The molecule has 0 aliphatic heterocycles. The standard InChI is InChI=1S/C16H26N4O/c1-4-10-20-15(7-9-17-20)16(21)12-13-8-11-19(18-13)14(5-2)6-3/h7-9,11,14,16,21H,4-6,10,12H2,1-3H3. The highest BCUT2D eigenvalue weighted by Gasteiger charge is 2.16. The van der Waals surface area contributed by atoms with Gasteiger partial charge in [0, 0.05) is 25.4 Å². The average molecular weight is 290 g/mol. The smallest absolute Gasteiger partial charge is 0.101 e. The molecule has 0 saturated heterocycles. The molecule has 0 fully saturated rings. The maximum atomic E-state index is 10.4. The summed E-state index contributed by atoms with van der Waals surface area (Å²) in [7, 11) is 0. The number of aliphatic hydroxyl groups is 1. The van der Waals surface area contributed by atoms with Crippen LogP contribution in [0.3, 0.4) is 0 Å². The Morgan fingerprint density at radius 1 is 1.19 bits per heavy atom. The van der Waals surface area contributed by atoms with E-state index in [-0.39, 0.29) is 0 Å². The predicted octanol–water partition coefficient (Wildman–Crippen LogP) is 3.13. The molecule has 1 N–H and O–H groups in total. The second-order valence-corrected chi connectivity index (χ2v) is 5.46. The first-order valence-electron chi connectivity index (χ1n) is 7.93. The number of aryl methyl sites for hydroxylation is 1. The summed E-state index contributed by atoms with van der Waals surface area (Å²) >= 11 is 0. The molecule has 2 rings (SSSR count). The molecule has 2 heterocycles. The first kappa shape index (κ1) is 15.8. The molecule has 5 heteroatoms. The van der Waals surface area contributed by atoms with Crippen molar-refractivity contribution >= 4 is 0 Å².